The standard InChI is InChI=1S/C14H9F5S/c1-20(14(17,18)19)12-6-5-8(15)7-10(12)9-3-2-4-11(16)13(9)20/h2-7H,1H3. The zero-order valence-electron chi connectivity index (χ0n) is 10.3. The molecule has 1 aliphatic rings. The summed E-state index contributed by atoms with van der Waals surface area (Å²) in [5.74, 6) is -1.53. The lowest BCUT2D eigenvalue weighted by Crippen LogP contribution is -2.19. The second-order valence-corrected chi connectivity index (χ2v) is 7.77. The highest BCUT2D eigenvalue weighted by Crippen LogP contribution is 2.77. The molecule has 0 amide bonds. The molecule has 0 fully saturated rings. The van der Waals surface area contributed by atoms with Crippen LogP contribution in [0.3, 0.4) is 0 Å². The van der Waals surface area contributed by atoms with Gasteiger partial charge >= 0.3 is 5.51 Å². The Morgan fingerprint density at radius 3 is 2.30 bits per heavy atom. The molecule has 1 aliphatic heterocycles. The third-order valence-corrected chi connectivity index (χ3v) is 6.90. The molecule has 3 rings (SSSR count). The average molecular weight is 304 g/mol. The molecular formula is C14H9F5S. The summed E-state index contributed by atoms with van der Waals surface area (Å²) in [6, 6.07) is 6.90. The minimum atomic E-state index is -4.59. The van der Waals surface area contributed by atoms with Crippen molar-refractivity contribution in [3.8, 4) is 11.1 Å². The first-order chi connectivity index (χ1) is 9.26. The van der Waals surface area contributed by atoms with E-state index in [1.54, 1.807) is 0 Å². The van der Waals surface area contributed by atoms with E-state index in [0.717, 1.165) is 30.5 Å². The van der Waals surface area contributed by atoms with E-state index in [2.05, 4.69) is 0 Å². The van der Waals surface area contributed by atoms with Crippen molar-refractivity contribution in [1.29, 1.82) is 0 Å². The molecule has 0 aliphatic carbocycles. The van der Waals surface area contributed by atoms with Crippen LogP contribution >= 0.6 is 10.0 Å². The third kappa shape index (κ3) is 1.54. The fourth-order valence-electron chi connectivity index (χ4n) is 2.55. The monoisotopic (exact) mass is 304 g/mol. The van der Waals surface area contributed by atoms with Gasteiger partial charge in [0, 0.05) is 9.79 Å². The van der Waals surface area contributed by atoms with E-state index in [1.807, 2.05) is 0 Å². The minimum Gasteiger partial charge on any atom is -0.207 e. The van der Waals surface area contributed by atoms with Gasteiger partial charge in [0.25, 0.3) is 0 Å². The smallest absolute Gasteiger partial charge is 0.207 e. The fraction of sp³-hybridized carbons (Fsp3) is 0.143. The Balaban J connectivity index is 2.46. The van der Waals surface area contributed by atoms with Crippen LogP contribution < -0.4 is 0 Å². The number of fused-ring (bicyclic) bond motifs is 3. The van der Waals surface area contributed by atoms with E-state index in [0.29, 0.717) is 0 Å². The van der Waals surface area contributed by atoms with Gasteiger partial charge in [-0.05, 0) is 41.6 Å². The molecule has 0 saturated carbocycles. The Hall–Kier alpha value is -1.56. The number of rotatable bonds is 0. The van der Waals surface area contributed by atoms with Crippen molar-refractivity contribution >= 4 is 10.0 Å². The van der Waals surface area contributed by atoms with Gasteiger partial charge < -0.3 is 0 Å². The molecule has 1 heterocycles. The van der Waals surface area contributed by atoms with Crippen molar-refractivity contribution < 1.29 is 22.0 Å². The lowest BCUT2D eigenvalue weighted by molar-refractivity contribution is -0.0380. The summed E-state index contributed by atoms with van der Waals surface area (Å²) in [6.45, 7) is 0. The van der Waals surface area contributed by atoms with Gasteiger partial charge in [0.05, 0.1) is 0 Å². The predicted octanol–water partition coefficient (Wildman–Crippen LogP) is 5.32. The van der Waals surface area contributed by atoms with E-state index in [4.69, 9.17) is 0 Å². The van der Waals surface area contributed by atoms with Crippen LogP contribution in [-0.2, 0) is 0 Å². The summed E-state index contributed by atoms with van der Waals surface area (Å²) in [6.07, 6.45) is 1.01. The largest absolute Gasteiger partial charge is 0.433 e. The zero-order valence-corrected chi connectivity index (χ0v) is 11.1. The van der Waals surface area contributed by atoms with Gasteiger partial charge in [-0.3, -0.25) is 0 Å². The van der Waals surface area contributed by atoms with E-state index >= 15 is 0 Å². The van der Waals surface area contributed by atoms with E-state index in [9.17, 15) is 22.0 Å². The van der Waals surface area contributed by atoms with E-state index in [-0.39, 0.29) is 20.9 Å². The van der Waals surface area contributed by atoms with Gasteiger partial charge in [0.1, 0.15) is 11.6 Å². The van der Waals surface area contributed by atoms with E-state index in [1.165, 1.54) is 12.1 Å². The van der Waals surface area contributed by atoms with Crippen LogP contribution in [0.5, 0.6) is 0 Å². The van der Waals surface area contributed by atoms with Crippen molar-refractivity contribution in [1.82, 2.24) is 0 Å². The molecule has 1 unspecified atom stereocenters. The van der Waals surface area contributed by atoms with Crippen molar-refractivity contribution in [2.75, 3.05) is 6.26 Å². The van der Waals surface area contributed by atoms with Crippen molar-refractivity contribution in [2.24, 2.45) is 0 Å². The third-order valence-electron chi connectivity index (χ3n) is 3.51. The first-order valence-electron chi connectivity index (χ1n) is 5.70. The number of hydrogen-bond donors (Lipinski definition) is 0. The van der Waals surface area contributed by atoms with Gasteiger partial charge in [-0.25, -0.2) is 8.78 Å². The van der Waals surface area contributed by atoms with E-state index < -0.39 is 27.2 Å². The van der Waals surface area contributed by atoms with Crippen molar-refractivity contribution in [3.05, 3.63) is 48.0 Å². The zero-order chi connectivity index (χ0) is 14.7. The van der Waals surface area contributed by atoms with Crippen LogP contribution in [0.2, 0.25) is 0 Å². The van der Waals surface area contributed by atoms with Gasteiger partial charge in [-0.2, -0.15) is 13.2 Å². The highest BCUT2D eigenvalue weighted by molar-refractivity contribution is 8.34. The van der Waals surface area contributed by atoms with Crippen LogP contribution in [-0.4, -0.2) is 11.8 Å². The van der Waals surface area contributed by atoms with Crippen LogP contribution in [0.4, 0.5) is 22.0 Å². The lowest BCUT2D eigenvalue weighted by atomic mass is 10.1. The fourth-order valence-corrected chi connectivity index (χ4v) is 5.28. The van der Waals surface area contributed by atoms with Gasteiger partial charge in [0.15, 0.2) is 0 Å². The van der Waals surface area contributed by atoms with Crippen LogP contribution in [0.1, 0.15) is 0 Å². The summed E-state index contributed by atoms with van der Waals surface area (Å²) in [5, 5.41) is 0. The summed E-state index contributed by atoms with van der Waals surface area (Å²) in [5.41, 5.74) is -4.32. The second-order valence-electron chi connectivity index (χ2n) is 4.62. The number of halogens is 5. The highest BCUT2D eigenvalue weighted by Gasteiger charge is 2.55. The number of benzene rings is 2. The molecular weight excluding hydrogens is 295 g/mol. The Morgan fingerprint density at radius 2 is 1.65 bits per heavy atom. The SMILES string of the molecule is CS1(C(F)(F)F)c2ccc(F)cc2-c2cccc(F)c21. The summed E-state index contributed by atoms with van der Waals surface area (Å²) >= 11 is 0. The maximum absolute atomic E-state index is 14.0. The number of hydrogen-bond acceptors (Lipinski definition) is 0. The normalized spacial score (nSPS) is 23.9. The molecule has 106 valence electrons. The second kappa shape index (κ2) is 3.97. The molecule has 0 saturated heterocycles. The molecule has 2 aromatic carbocycles. The van der Waals surface area contributed by atoms with Crippen LogP contribution in [0.25, 0.3) is 11.1 Å². The first kappa shape index (κ1) is 13.4. The molecule has 0 aromatic heterocycles. The Kier molecular flexibility index (Phi) is 2.67. The molecule has 0 nitrogen and oxygen atoms in total. The highest BCUT2D eigenvalue weighted by atomic mass is 32.3. The van der Waals surface area contributed by atoms with Crippen molar-refractivity contribution in [2.45, 2.75) is 15.3 Å². The lowest BCUT2D eigenvalue weighted by Gasteiger charge is -2.35. The Bertz CT molecular complexity index is 707. The van der Waals surface area contributed by atoms with Crippen molar-refractivity contribution in [3.63, 3.8) is 0 Å². The van der Waals surface area contributed by atoms with Crippen LogP contribution in [0, 0.1) is 11.6 Å². The molecule has 0 spiro atoms. The first-order valence-corrected chi connectivity index (χ1v) is 7.74. The molecule has 20 heavy (non-hydrogen) atoms. The summed E-state index contributed by atoms with van der Waals surface area (Å²) < 4.78 is 68.0. The molecule has 0 bridgehead atoms. The Morgan fingerprint density at radius 1 is 0.950 bits per heavy atom. The Labute approximate surface area is 113 Å². The maximum Gasteiger partial charge on any atom is 0.433 e. The van der Waals surface area contributed by atoms with Gasteiger partial charge in [-0.1, -0.05) is 22.2 Å². The summed E-state index contributed by atoms with van der Waals surface area (Å²) in [7, 11) is -3.53. The molecule has 1 atom stereocenters. The van der Waals surface area contributed by atoms with Gasteiger partial charge in [-0.15, -0.1) is 0 Å². The van der Waals surface area contributed by atoms with Gasteiger partial charge in [0.2, 0.25) is 0 Å². The molecule has 0 radical (unpaired) electrons. The topological polar surface area (TPSA) is 0 Å². The minimum absolute atomic E-state index is 0.0356. The number of alkyl halides is 3. The average Bonchev–Trinajstić information content (AvgIpc) is 2.61. The summed E-state index contributed by atoms with van der Waals surface area (Å²) in [4.78, 5) is -0.389. The molecule has 6 heteroatoms. The predicted molar refractivity (Wildman–Crippen MR) is 67.9 cm³/mol. The van der Waals surface area contributed by atoms with Crippen LogP contribution in [0.15, 0.2) is 46.2 Å². The quantitative estimate of drug-likeness (QED) is 0.578. The molecule has 0 N–H and O–H groups in total. The maximum atomic E-state index is 14.0. The molecule has 2 aromatic rings.